The highest BCUT2D eigenvalue weighted by molar-refractivity contribution is 5.82. The number of benzene rings is 2. The van der Waals surface area contributed by atoms with E-state index in [9.17, 15) is 9.59 Å². The quantitative estimate of drug-likeness (QED) is 0.574. The summed E-state index contributed by atoms with van der Waals surface area (Å²) in [5.74, 6) is 0.319. The summed E-state index contributed by atoms with van der Waals surface area (Å²) in [6, 6.07) is 16.9. The second-order valence-electron chi connectivity index (χ2n) is 7.18. The van der Waals surface area contributed by atoms with Crippen molar-refractivity contribution in [2.45, 2.75) is 25.2 Å². The maximum Gasteiger partial charge on any atom is 0.414 e. The van der Waals surface area contributed by atoms with Crippen LogP contribution in [0.15, 0.2) is 54.6 Å². The maximum atomic E-state index is 12.3. The number of amides is 2. The van der Waals surface area contributed by atoms with Crippen molar-refractivity contribution >= 4 is 18.2 Å². The zero-order valence-corrected chi connectivity index (χ0v) is 16.8. The molecule has 2 aromatic rings. The van der Waals surface area contributed by atoms with Crippen molar-refractivity contribution in [3.8, 4) is 5.75 Å². The van der Waals surface area contributed by atoms with E-state index < -0.39 is 11.8 Å². The van der Waals surface area contributed by atoms with E-state index in [1.807, 2.05) is 36.4 Å². The number of ether oxygens (including phenoxy) is 2. The van der Waals surface area contributed by atoms with Gasteiger partial charge in [0.25, 0.3) is 0 Å². The largest absolute Gasteiger partial charge is 0.414 e. The molecule has 1 aliphatic rings. The van der Waals surface area contributed by atoms with Crippen molar-refractivity contribution in [3.63, 3.8) is 0 Å². The van der Waals surface area contributed by atoms with Crippen LogP contribution in [0.2, 0.25) is 0 Å². The first-order chi connectivity index (χ1) is 14.1. The van der Waals surface area contributed by atoms with Crippen LogP contribution >= 0.6 is 0 Å². The van der Waals surface area contributed by atoms with Gasteiger partial charge in [0.2, 0.25) is 6.41 Å². The number of rotatable bonds is 7. The highest BCUT2D eigenvalue weighted by Crippen LogP contribution is 2.37. The summed E-state index contributed by atoms with van der Waals surface area (Å²) in [6.07, 6.45) is 1.50. The molecule has 7 heteroatoms. The molecule has 0 saturated carbocycles. The average molecular weight is 397 g/mol. The van der Waals surface area contributed by atoms with Gasteiger partial charge in [0.15, 0.2) is 11.5 Å². The van der Waals surface area contributed by atoms with Gasteiger partial charge in [-0.05, 0) is 30.8 Å². The van der Waals surface area contributed by atoms with Crippen LogP contribution in [-0.4, -0.2) is 50.3 Å². The molecule has 2 amide bonds. The Morgan fingerprint density at radius 2 is 1.72 bits per heavy atom. The summed E-state index contributed by atoms with van der Waals surface area (Å²) in [4.78, 5) is 27.3. The van der Waals surface area contributed by atoms with Crippen LogP contribution in [0.4, 0.5) is 10.5 Å². The Morgan fingerprint density at radius 3 is 2.38 bits per heavy atom. The van der Waals surface area contributed by atoms with Gasteiger partial charge in [-0.3, -0.25) is 9.69 Å². The molecule has 0 unspecified atom stereocenters. The lowest BCUT2D eigenvalue weighted by atomic mass is 9.98. The van der Waals surface area contributed by atoms with Crippen LogP contribution in [0, 0.1) is 0 Å². The van der Waals surface area contributed by atoms with Crippen LogP contribution < -0.4 is 15.0 Å². The number of hydrogen-bond acceptors (Lipinski definition) is 5. The fourth-order valence-electron chi connectivity index (χ4n) is 3.36. The second-order valence-corrected chi connectivity index (χ2v) is 7.18. The topological polar surface area (TPSA) is 71.1 Å². The fourth-order valence-corrected chi connectivity index (χ4v) is 3.36. The Morgan fingerprint density at radius 1 is 1.07 bits per heavy atom. The van der Waals surface area contributed by atoms with E-state index in [0.29, 0.717) is 30.9 Å². The van der Waals surface area contributed by atoms with E-state index in [0.717, 1.165) is 25.1 Å². The van der Waals surface area contributed by atoms with E-state index in [1.165, 1.54) is 4.90 Å². The molecule has 2 aromatic carbocycles. The predicted molar refractivity (Wildman–Crippen MR) is 111 cm³/mol. The molecular formula is C22H27N3O4. The van der Waals surface area contributed by atoms with Crippen molar-refractivity contribution < 1.29 is 19.1 Å². The molecule has 0 atom stereocenters. The maximum absolute atomic E-state index is 12.3. The van der Waals surface area contributed by atoms with Crippen LogP contribution in [0.5, 0.6) is 5.75 Å². The van der Waals surface area contributed by atoms with E-state index >= 15 is 0 Å². The number of nitrogens with one attached hydrogen (secondary N) is 1. The fraction of sp³-hybridized carbons (Fsp3) is 0.364. The first-order valence-electron chi connectivity index (χ1n) is 9.67. The third-order valence-electron chi connectivity index (χ3n) is 4.97. The highest BCUT2D eigenvalue weighted by atomic mass is 16.6. The summed E-state index contributed by atoms with van der Waals surface area (Å²) in [5, 5.41) is 3.32. The summed E-state index contributed by atoms with van der Waals surface area (Å²) >= 11 is 0. The lowest BCUT2D eigenvalue weighted by Gasteiger charge is -2.44. The lowest BCUT2D eigenvalue weighted by molar-refractivity contribution is -0.120. The lowest BCUT2D eigenvalue weighted by Crippen LogP contribution is -2.56. The van der Waals surface area contributed by atoms with Crippen molar-refractivity contribution in [2.75, 3.05) is 32.1 Å². The minimum Gasteiger partial charge on any atom is -0.408 e. The standard InChI is InChI=1S/C22H27N3O4/c1-24(2)21(27)29-20-11-7-6-10-19(20)25(17-26)22(12-14-23-15-13-22)28-16-18-8-4-3-5-9-18/h3-11,17,23H,12-16H2,1-2H3. The van der Waals surface area contributed by atoms with Gasteiger partial charge in [-0.25, -0.2) is 4.79 Å². The summed E-state index contributed by atoms with van der Waals surface area (Å²) in [7, 11) is 3.22. The molecule has 7 nitrogen and oxygen atoms in total. The molecule has 0 radical (unpaired) electrons. The van der Waals surface area contributed by atoms with Crippen LogP contribution in [0.25, 0.3) is 0 Å². The number of carbonyl (C=O) groups is 2. The van der Waals surface area contributed by atoms with Crippen LogP contribution in [0.3, 0.4) is 0 Å². The third kappa shape index (κ3) is 4.93. The predicted octanol–water partition coefficient (Wildman–Crippen LogP) is 3.01. The van der Waals surface area contributed by atoms with Gasteiger partial charge >= 0.3 is 6.09 Å². The Kier molecular flexibility index (Phi) is 6.85. The zero-order valence-electron chi connectivity index (χ0n) is 16.8. The Bertz CT molecular complexity index is 820. The number of anilines is 1. The normalized spacial score (nSPS) is 15.4. The molecule has 154 valence electrons. The molecule has 3 rings (SSSR count). The molecule has 1 saturated heterocycles. The molecule has 0 bridgehead atoms. The summed E-state index contributed by atoms with van der Waals surface area (Å²) < 4.78 is 11.9. The summed E-state index contributed by atoms with van der Waals surface area (Å²) in [6.45, 7) is 1.82. The first kappa shape index (κ1) is 20.8. The van der Waals surface area contributed by atoms with Crippen LogP contribution in [-0.2, 0) is 16.1 Å². The van der Waals surface area contributed by atoms with Gasteiger partial charge in [0.1, 0.15) is 0 Å². The van der Waals surface area contributed by atoms with Gasteiger partial charge in [-0.2, -0.15) is 0 Å². The van der Waals surface area contributed by atoms with Gasteiger partial charge in [0.05, 0.1) is 12.3 Å². The SMILES string of the molecule is CN(C)C(=O)Oc1ccccc1N(C=O)C1(OCc2ccccc2)CCNCC1. The Hall–Kier alpha value is -2.90. The molecule has 1 aliphatic heterocycles. The Labute approximate surface area is 171 Å². The highest BCUT2D eigenvalue weighted by Gasteiger charge is 2.41. The molecular weight excluding hydrogens is 370 g/mol. The second kappa shape index (κ2) is 9.54. The molecule has 0 spiro atoms. The van der Waals surface area contributed by atoms with E-state index in [-0.39, 0.29) is 0 Å². The van der Waals surface area contributed by atoms with Gasteiger partial charge in [0, 0.05) is 26.9 Å². The van der Waals surface area contributed by atoms with Crippen LogP contribution in [0.1, 0.15) is 18.4 Å². The molecule has 1 N–H and O–H groups in total. The van der Waals surface area contributed by atoms with Crippen molar-refractivity contribution in [3.05, 3.63) is 60.2 Å². The van der Waals surface area contributed by atoms with Gasteiger partial charge in [-0.1, -0.05) is 42.5 Å². The van der Waals surface area contributed by atoms with Gasteiger partial charge < -0.3 is 19.7 Å². The first-order valence-corrected chi connectivity index (χ1v) is 9.67. The van der Waals surface area contributed by atoms with Crippen molar-refractivity contribution in [1.82, 2.24) is 10.2 Å². The minimum atomic E-state index is -0.830. The molecule has 1 fully saturated rings. The number of nitrogens with zero attached hydrogens (tertiary/aromatic N) is 2. The zero-order chi connectivity index (χ0) is 20.7. The van der Waals surface area contributed by atoms with E-state index in [4.69, 9.17) is 9.47 Å². The monoisotopic (exact) mass is 397 g/mol. The summed E-state index contributed by atoms with van der Waals surface area (Å²) in [5.41, 5.74) is 0.708. The third-order valence-corrected chi connectivity index (χ3v) is 4.97. The molecule has 1 heterocycles. The molecule has 29 heavy (non-hydrogen) atoms. The van der Waals surface area contributed by atoms with E-state index in [2.05, 4.69) is 5.32 Å². The number of carbonyl (C=O) groups excluding carboxylic acids is 2. The minimum absolute atomic E-state index is 0.319. The molecule has 0 aliphatic carbocycles. The molecule has 0 aromatic heterocycles. The number of hydrogen-bond donors (Lipinski definition) is 1. The Balaban J connectivity index is 1.92. The van der Waals surface area contributed by atoms with E-state index in [1.54, 1.807) is 37.2 Å². The smallest absolute Gasteiger partial charge is 0.408 e. The van der Waals surface area contributed by atoms with Gasteiger partial charge in [-0.15, -0.1) is 0 Å². The van der Waals surface area contributed by atoms with Crippen molar-refractivity contribution in [2.24, 2.45) is 0 Å². The van der Waals surface area contributed by atoms with Crippen molar-refractivity contribution in [1.29, 1.82) is 0 Å². The average Bonchev–Trinajstić information content (AvgIpc) is 2.75. The number of para-hydroxylation sites is 2. The number of piperidine rings is 1.